The minimum absolute atomic E-state index is 0.0686. The molecular weight excluding hydrogens is 278 g/mol. The van der Waals surface area contributed by atoms with Gasteiger partial charge in [0.1, 0.15) is 5.60 Å². The average molecular weight is 303 g/mol. The summed E-state index contributed by atoms with van der Waals surface area (Å²) in [5.74, 6) is 0.287. The molecular formula is C18H25NO3. The quantitative estimate of drug-likeness (QED) is 0.860. The highest BCUT2D eigenvalue weighted by Gasteiger charge is 2.28. The number of rotatable bonds is 3. The molecule has 0 bridgehead atoms. The second-order valence-electron chi connectivity index (χ2n) is 6.93. The van der Waals surface area contributed by atoms with E-state index in [9.17, 15) is 9.59 Å². The number of nitrogens with one attached hydrogen (secondary N) is 1. The van der Waals surface area contributed by atoms with E-state index in [1.165, 1.54) is 0 Å². The van der Waals surface area contributed by atoms with E-state index in [4.69, 9.17) is 4.74 Å². The van der Waals surface area contributed by atoms with Crippen LogP contribution in [0.1, 0.15) is 56.8 Å². The summed E-state index contributed by atoms with van der Waals surface area (Å²) in [5, 5.41) is 2.90. The largest absolute Gasteiger partial charge is 0.444 e. The molecule has 0 atom stereocenters. The van der Waals surface area contributed by atoms with Crippen LogP contribution in [0.2, 0.25) is 0 Å². The lowest BCUT2D eigenvalue weighted by Crippen LogP contribution is -2.41. The number of ether oxygens (including phenoxy) is 1. The molecule has 22 heavy (non-hydrogen) atoms. The van der Waals surface area contributed by atoms with Crippen molar-refractivity contribution in [2.24, 2.45) is 5.92 Å². The Balaban J connectivity index is 1.81. The van der Waals surface area contributed by atoms with Crippen LogP contribution in [0.25, 0.3) is 0 Å². The first-order chi connectivity index (χ1) is 10.3. The Morgan fingerprint density at radius 2 is 1.64 bits per heavy atom. The minimum atomic E-state index is -0.482. The lowest BCUT2D eigenvalue weighted by Gasteiger charge is -2.29. The van der Waals surface area contributed by atoms with Gasteiger partial charge in [-0.15, -0.1) is 0 Å². The summed E-state index contributed by atoms with van der Waals surface area (Å²) in [5.41, 5.74) is 0.302. The van der Waals surface area contributed by atoms with Crippen LogP contribution in [0.15, 0.2) is 30.3 Å². The number of benzene rings is 1. The van der Waals surface area contributed by atoms with Crippen LogP contribution in [0, 0.1) is 5.92 Å². The Morgan fingerprint density at radius 3 is 2.18 bits per heavy atom. The number of alkyl carbamates (subject to hydrolysis) is 1. The van der Waals surface area contributed by atoms with Gasteiger partial charge in [-0.2, -0.15) is 0 Å². The van der Waals surface area contributed by atoms with Gasteiger partial charge in [-0.05, 0) is 46.5 Å². The lowest BCUT2D eigenvalue weighted by molar-refractivity contribution is 0.0487. The van der Waals surface area contributed by atoms with E-state index in [1.807, 2.05) is 51.1 Å². The summed E-state index contributed by atoms with van der Waals surface area (Å²) < 4.78 is 5.27. The molecule has 1 aromatic carbocycles. The second-order valence-corrected chi connectivity index (χ2v) is 6.93. The molecule has 0 unspecified atom stereocenters. The molecule has 0 aromatic heterocycles. The number of hydrogen-bond donors (Lipinski definition) is 1. The number of carbonyl (C=O) groups is 2. The number of hydrogen-bond acceptors (Lipinski definition) is 3. The van der Waals surface area contributed by atoms with Crippen molar-refractivity contribution in [3.8, 4) is 0 Å². The Bertz CT molecular complexity index is 511. The molecule has 1 fully saturated rings. The van der Waals surface area contributed by atoms with Crippen molar-refractivity contribution in [1.29, 1.82) is 0 Å². The molecule has 0 aliphatic heterocycles. The lowest BCUT2D eigenvalue weighted by atomic mass is 9.81. The van der Waals surface area contributed by atoms with Gasteiger partial charge < -0.3 is 10.1 Å². The minimum Gasteiger partial charge on any atom is -0.444 e. The maximum absolute atomic E-state index is 12.4. The topological polar surface area (TPSA) is 55.4 Å². The Labute approximate surface area is 132 Å². The van der Waals surface area contributed by atoms with E-state index in [1.54, 1.807) is 0 Å². The van der Waals surface area contributed by atoms with Crippen molar-refractivity contribution in [3.05, 3.63) is 35.9 Å². The van der Waals surface area contributed by atoms with Crippen molar-refractivity contribution in [3.63, 3.8) is 0 Å². The normalized spacial score (nSPS) is 22.0. The molecule has 1 aliphatic rings. The molecule has 1 aromatic rings. The van der Waals surface area contributed by atoms with Gasteiger partial charge in [-0.25, -0.2) is 4.79 Å². The first-order valence-corrected chi connectivity index (χ1v) is 7.94. The molecule has 0 spiro atoms. The third kappa shape index (κ3) is 4.86. The Kier molecular flexibility index (Phi) is 5.22. The van der Waals surface area contributed by atoms with Crippen LogP contribution >= 0.6 is 0 Å². The SMILES string of the molecule is CC(C)(C)OC(=O)NC1CCC(C(=O)c2ccccc2)CC1. The van der Waals surface area contributed by atoms with Gasteiger partial charge >= 0.3 is 6.09 Å². The summed E-state index contributed by atoms with van der Waals surface area (Å²) in [7, 11) is 0. The van der Waals surface area contributed by atoms with E-state index >= 15 is 0 Å². The van der Waals surface area contributed by atoms with Crippen LogP contribution in [0.3, 0.4) is 0 Å². The average Bonchev–Trinajstić information content (AvgIpc) is 2.46. The fraction of sp³-hybridized carbons (Fsp3) is 0.556. The van der Waals surface area contributed by atoms with Gasteiger partial charge in [0.05, 0.1) is 0 Å². The maximum atomic E-state index is 12.4. The predicted octanol–water partition coefficient (Wildman–Crippen LogP) is 3.95. The summed E-state index contributed by atoms with van der Waals surface area (Å²) in [6, 6.07) is 9.54. The van der Waals surface area contributed by atoms with Crippen LogP contribution in [0.4, 0.5) is 4.79 Å². The van der Waals surface area contributed by atoms with E-state index in [0.717, 1.165) is 31.2 Å². The first kappa shape index (κ1) is 16.5. The fourth-order valence-electron chi connectivity index (χ4n) is 2.81. The highest BCUT2D eigenvalue weighted by molar-refractivity contribution is 5.97. The van der Waals surface area contributed by atoms with Gasteiger partial charge in [-0.3, -0.25) is 4.79 Å². The number of ketones is 1. The zero-order chi connectivity index (χ0) is 16.2. The summed E-state index contributed by atoms with van der Waals surface area (Å²) in [4.78, 5) is 24.2. The van der Waals surface area contributed by atoms with E-state index in [2.05, 4.69) is 5.32 Å². The third-order valence-corrected chi connectivity index (χ3v) is 3.88. The highest BCUT2D eigenvalue weighted by Crippen LogP contribution is 2.27. The Morgan fingerprint density at radius 1 is 1.05 bits per heavy atom. The van der Waals surface area contributed by atoms with Crippen molar-refractivity contribution in [2.45, 2.75) is 58.1 Å². The smallest absolute Gasteiger partial charge is 0.407 e. The van der Waals surface area contributed by atoms with Crippen LogP contribution in [0.5, 0.6) is 0 Å². The summed E-state index contributed by atoms with van der Waals surface area (Å²) in [6.45, 7) is 5.55. The molecule has 0 heterocycles. The number of amides is 1. The molecule has 1 N–H and O–H groups in total. The van der Waals surface area contributed by atoms with Crippen molar-refractivity contribution >= 4 is 11.9 Å². The second kappa shape index (κ2) is 6.95. The van der Waals surface area contributed by atoms with Gasteiger partial charge in [0, 0.05) is 17.5 Å². The molecule has 1 aliphatic carbocycles. The van der Waals surface area contributed by atoms with E-state index < -0.39 is 5.60 Å². The molecule has 1 amide bonds. The van der Waals surface area contributed by atoms with Crippen LogP contribution < -0.4 is 5.32 Å². The maximum Gasteiger partial charge on any atom is 0.407 e. The van der Waals surface area contributed by atoms with Gasteiger partial charge in [0.2, 0.25) is 0 Å². The fourth-order valence-corrected chi connectivity index (χ4v) is 2.81. The predicted molar refractivity (Wildman–Crippen MR) is 85.9 cm³/mol. The van der Waals surface area contributed by atoms with Crippen LogP contribution in [-0.4, -0.2) is 23.5 Å². The molecule has 0 radical (unpaired) electrons. The van der Waals surface area contributed by atoms with E-state index in [0.29, 0.717) is 0 Å². The van der Waals surface area contributed by atoms with Crippen molar-refractivity contribution in [1.82, 2.24) is 5.32 Å². The molecule has 4 nitrogen and oxygen atoms in total. The van der Waals surface area contributed by atoms with Gasteiger partial charge in [0.25, 0.3) is 0 Å². The molecule has 0 saturated heterocycles. The van der Waals surface area contributed by atoms with E-state index in [-0.39, 0.29) is 23.8 Å². The zero-order valence-electron chi connectivity index (χ0n) is 13.6. The summed E-state index contributed by atoms with van der Waals surface area (Å²) in [6.07, 6.45) is 2.90. The first-order valence-electron chi connectivity index (χ1n) is 7.94. The molecule has 4 heteroatoms. The Hall–Kier alpha value is -1.84. The summed E-state index contributed by atoms with van der Waals surface area (Å²) >= 11 is 0. The monoisotopic (exact) mass is 303 g/mol. The van der Waals surface area contributed by atoms with Crippen molar-refractivity contribution in [2.75, 3.05) is 0 Å². The van der Waals surface area contributed by atoms with Gasteiger partial charge in [-0.1, -0.05) is 30.3 Å². The molecule has 2 rings (SSSR count). The van der Waals surface area contributed by atoms with Crippen molar-refractivity contribution < 1.29 is 14.3 Å². The molecule has 1 saturated carbocycles. The number of Topliss-reactive ketones (excluding diaryl/α,β-unsaturated/α-hetero) is 1. The molecule has 120 valence electrons. The highest BCUT2D eigenvalue weighted by atomic mass is 16.6. The van der Waals surface area contributed by atoms with Gasteiger partial charge in [0.15, 0.2) is 5.78 Å². The van der Waals surface area contributed by atoms with Crippen LogP contribution in [-0.2, 0) is 4.74 Å². The third-order valence-electron chi connectivity index (χ3n) is 3.88. The zero-order valence-corrected chi connectivity index (χ0v) is 13.6. The standard InChI is InChI=1S/C18H25NO3/c1-18(2,3)22-17(21)19-15-11-9-14(10-12-15)16(20)13-7-5-4-6-8-13/h4-8,14-15H,9-12H2,1-3H3,(H,19,21). The number of carbonyl (C=O) groups excluding carboxylic acids is 2.